The van der Waals surface area contributed by atoms with Crippen molar-refractivity contribution < 1.29 is 28.7 Å². The second-order valence-corrected chi connectivity index (χ2v) is 10.8. The van der Waals surface area contributed by atoms with Crippen molar-refractivity contribution in [3.63, 3.8) is 0 Å². The Morgan fingerprint density at radius 3 is 2.55 bits per heavy atom. The van der Waals surface area contributed by atoms with Crippen molar-refractivity contribution in [1.82, 2.24) is 20.4 Å². The molecule has 0 aliphatic carbocycles. The Bertz CT molecular complexity index is 1240. The first-order chi connectivity index (χ1) is 20.4. The number of amides is 4. The van der Waals surface area contributed by atoms with Gasteiger partial charge in [0.1, 0.15) is 18.7 Å². The summed E-state index contributed by atoms with van der Waals surface area (Å²) in [5.41, 5.74) is 8.29. The van der Waals surface area contributed by atoms with E-state index in [-0.39, 0.29) is 37.8 Å². The summed E-state index contributed by atoms with van der Waals surface area (Å²) in [6.07, 6.45) is 0.465. The van der Waals surface area contributed by atoms with Crippen molar-refractivity contribution in [2.24, 2.45) is 5.73 Å². The smallest absolute Gasteiger partial charge is 0.408 e. The van der Waals surface area contributed by atoms with E-state index < -0.39 is 24.1 Å². The van der Waals surface area contributed by atoms with Gasteiger partial charge in [-0.3, -0.25) is 14.4 Å². The molecule has 2 heterocycles. The van der Waals surface area contributed by atoms with Crippen molar-refractivity contribution in [3.8, 4) is 0 Å². The fourth-order valence-corrected chi connectivity index (χ4v) is 5.36. The zero-order valence-corrected chi connectivity index (χ0v) is 24.3. The van der Waals surface area contributed by atoms with Crippen LogP contribution < -0.4 is 16.4 Å². The summed E-state index contributed by atoms with van der Waals surface area (Å²) in [5.74, 6) is -0.855. The van der Waals surface area contributed by atoms with Gasteiger partial charge in [0.2, 0.25) is 17.7 Å². The number of alkyl carbamates (subject to hydrolysis) is 1. The Labute approximate surface area is 250 Å². The fourth-order valence-electron chi connectivity index (χ4n) is 5.16. The first-order valence-electron chi connectivity index (χ1n) is 14.2. The molecule has 0 bridgehead atoms. The summed E-state index contributed by atoms with van der Waals surface area (Å²) < 4.78 is 10.7. The first kappa shape index (κ1) is 31.3. The number of hydrogen-bond acceptors (Lipinski definition) is 7. The standard InChI is InChI=1S/C30H38ClN5O6/c31-24-9-8-22(18-32)23(17-24)19-33-28(38)26-7-4-12-36(26)29(39)25(10-11-27(37)35-13-15-41-16-14-35)34-30(40)42-20-21-5-2-1-3-6-21/h1-3,5-6,8-9,17,25-26H,4,7,10-16,18-20,32H2,(H,33,38)(H,34,40). The van der Waals surface area contributed by atoms with Crippen LogP contribution in [0, 0.1) is 0 Å². The topological polar surface area (TPSA) is 143 Å². The number of hydrogen-bond donors (Lipinski definition) is 3. The van der Waals surface area contributed by atoms with Gasteiger partial charge in [-0.2, -0.15) is 0 Å². The fraction of sp³-hybridized carbons (Fsp3) is 0.467. The molecule has 42 heavy (non-hydrogen) atoms. The van der Waals surface area contributed by atoms with Gasteiger partial charge in [0.05, 0.1) is 13.2 Å². The maximum Gasteiger partial charge on any atom is 0.408 e. The lowest BCUT2D eigenvalue weighted by atomic mass is 10.1. The first-order valence-corrected chi connectivity index (χ1v) is 14.6. The number of nitrogens with two attached hydrogens (primary N) is 1. The lowest BCUT2D eigenvalue weighted by Crippen LogP contribution is -2.53. The minimum Gasteiger partial charge on any atom is -0.445 e. The number of likely N-dealkylation sites (tertiary alicyclic amines) is 1. The van der Waals surface area contributed by atoms with Crippen LogP contribution in [0.4, 0.5) is 4.79 Å². The average Bonchev–Trinajstić information content (AvgIpc) is 3.51. The summed E-state index contributed by atoms with van der Waals surface area (Å²) in [5, 5.41) is 6.10. The van der Waals surface area contributed by atoms with Crippen LogP contribution in [0.3, 0.4) is 0 Å². The molecular formula is C30H38ClN5O6. The molecule has 0 spiro atoms. The number of nitrogens with one attached hydrogen (secondary N) is 2. The minimum atomic E-state index is -1.04. The summed E-state index contributed by atoms with van der Waals surface area (Å²) in [6.45, 7) is 2.79. The van der Waals surface area contributed by atoms with E-state index in [2.05, 4.69) is 10.6 Å². The molecule has 2 saturated heterocycles. The molecule has 2 aromatic carbocycles. The van der Waals surface area contributed by atoms with Crippen molar-refractivity contribution in [1.29, 1.82) is 0 Å². The van der Waals surface area contributed by atoms with Crippen LogP contribution in [-0.2, 0) is 43.6 Å². The molecule has 0 saturated carbocycles. The number of morpholine rings is 1. The predicted molar refractivity (Wildman–Crippen MR) is 156 cm³/mol. The molecule has 2 aromatic rings. The minimum absolute atomic E-state index is 0.0311. The SMILES string of the molecule is NCc1ccc(Cl)cc1CNC(=O)C1CCCN1C(=O)C(CCC(=O)N1CCOCC1)NC(=O)OCc1ccccc1. The van der Waals surface area contributed by atoms with Gasteiger partial charge in [-0.25, -0.2) is 4.79 Å². The largest absolute Gasteiger partial charge is 0.445 e. The molecule has 226 valence electrons. The monoisotopic (exact) mass is 599 g/mol. The lowest BCUT2D eigenvalue weighted by Gasteiger charge is -2.30. The van der Waals surface area contributed by atoms with Crippen LogP contribution in [0.15, 0.2) is 48.5 Å². The number of halogens is 1. The van der Waals surface area contributed by atoms with Gasteiger partial charge in [-0.05, 0) is 48.1 Å². The zero-order chi connectivity index (χ0) is 29.9. The van der Waals surface area contributed by atoms with E-state index in [1.165, 1.54) is 4.90 Å². The molecule has 2 aliphatic heterocycles. The molecule has 4 N–H and O–H groups in total. The van der Waals surface area contributed by atoms with Crippen molar-refractivity contribution in [2.45, 2.75) is 57.5 Å². The molecule has 2 fully saturated rings. The van der Waals surface area contributed by atoms with Gasteiger partial charge in [-0.1, -0.05) is 48.0 Å². The molecule has 2 atom stereocenters. The second-order valence-electron chi connectivity index (χ2n) is 10.3. The average molecular weight is 600 g/mol. The lowest BCUT2D eigenvalue weighted by molar-refractivity contribution is -0.141. The third-order valence-corrected chi connectivity index (χ3v) is 7.73. The van der Waals surface area contributed by atoms with Gasteiger partial charge in [0.15, 0.2) is 0 Å². The summed E-state index contributed by atoms with van der Waals surface area (Å²) in [4.78, 5) is 55.8. The van der Waals surface area contributed by atoms with E-state index in [1.807, 2.05) is 36.4 Å². The molecule has 0 aromatic heterocycles. The molecule has 11 nitrogen and oxygen atoms in total. The van der Waals surface area contributed by atoms with Crippen LogP contribution >= 0.6 is 11.6 Å². The third kappa shape index (κ3) is 8.67. The predicted octanol–water partition coefficient (Wildman–Crippen LogP) is 2.34. The van der Waals surface area contributed by atoms with Gasteiger partial charge in [0.25, 0.3) is 0 Å². The highest BCUT2D eigenvalue weighted by Gasteiger charge is 2.38. The number of carbonyl (C=O) groups is 4. The van der Waals surface area contributed by atoms with Gasteiger partial charge in [-0.15, -0.1) is 0 Å². The molecular weight excluding hydrogens is 562 g/mol. The summed E-state index contributed by atoms with van der Waals surface area (Å²) in [6, 6.07) is 12.8. The molecule has 2 unspecified atom stereocenters. The Kier molecular flexibility index (Phi) is 11.6. The summed E-state index contributed by atoms with van der Waals surface area (Å²) in [7, 11) is 0. The molecule has 4 rings (SSSR count). The molecule has 0 radical (unpaired) electrons. The molecule has 12 heteroatoms. The third-order valence-electron chi connectivity index (χ3n) is 7.49. The quantitative estimate of drug-likeness (QED) is 0.360. The number of rotatable bonds is 11. The van der Waals surface area contributed by atoms with Crippen molar-refractivity contribution >= 4 is 35.4 Å². The summed E-state index contributed by atoms with van der Waals surface area (Å²) >= 11 is 6.13. The van der Waals surface area contributed by atoms with Gasteiger partial charge < -0.3 is 35.6 Å². The molecule has 4 amide bonds. The maximum atomic E-state index is 13.8. The Morgan fingerprint density at radius 2 is 1.81 bits per heavy atom. The van der Waals surface area contributed by atoms with Crippen LogP contribution in [0.2, 0.25) is 5.02 Å². The van der Waals surface area contributed by atoms with Crippen molar-refractivity contribution in [2.75, 3.05) is 32.8 Å². The number of carbonyl (C=O) groups excluding carboxylic acids is 4. The zero-order valence-electron chi connectivity index (χ0n) is 23.6. The van der Waals surface area contributed by atoms with Gasteiger partial charge in [0, 0.05) is 44.2 Å². The highest BCUT2D eigenvalue weighted by Crippen LogP contribution is 2.21. The van der Waals surface area contributed by atoms with E-state index in [0.29, 0.717) is 57.3 Å². The van der Waals surface area contributed by atoms with E-state index in [1.54, 1.807) is 17.0 Å². The molecule has 2 aliphatic rings. The normalized spacial score (nSPS) is 17.4. The van der Waals surface area contributed by atoms with E-state index in [4.69, 9.17) is 26.8 Å². The van der Waals surface area contributed by atoms with Crippen LogP contribution in [0.5, 0.6) is 0 Å². The van der Waals surface area contributed by atoms with E-state index >= 15 is 0 Å². The van der Waals surface area contributed by atoms with Gasteiger partial charge >= 0.3 is 6.09 Å². The second kappa shape index (κ2) is 15.5. The van der Waals surface area contributed by atoms with Crippen LogP contribution in [-0.4, -0.2) is 78.5 Å². The highest BCUT2D eigenvalue weighted by molar-refractivity contribution is 6.30. The van der Waals surface area contributed by atoms with Crippen LogP contribution in [0.25, 0.3) is 0 Å². The number of ether oxygens (including phenoxy) is 2. The van der Waals surface area contributed by atoms with Crippen LogP contribution in [0.1, 0.15) is 42.4 Å². The van der Waals surface area contributed by atoms with E-state index in [0.717, 1.165) is 16.7 Å². The number of nitrogens with zero attached hydrogens (tertiary/aromatic N) is 2. The Hall–Kier alpha value is -3.67. The van der Waals surface area contributed by atoms with Crippen molar-refractivity contribution in [3.05, 3.63) is 70.2 Å². The number of benzene rings is 2. The Balaban J connectivity index is 1.41. The van der Waals surface area contributed by atoms with E-state index in [9.17, 15) is 19.2 Å². The Morgan fingerprint density at radius 1 is 1.05 bits per heavy atom. The maximum absolute atomic E-state index is 13.8. The highest BCUT2D eigenvalue weighted by atomic mass is 35.5.